The number of rotatable bonds is 3. The molecule has 0 fully saturated rings. The van der Waals surface area contributed by atoms with Crippen LogP contribution in [0, 0.1) is 5.92 Å². The molecule has 3 heteroatoms. The van der Waals surface area contributed by atoms with E-state index in [-0.39, 0.29) is 5.92 Å². The third-order valence-electron chi connectivity index (χ3n) is 0.591. The van der Waals surface area contributed by atoms with Crippen molar-refractivity contribution in [1.82, 2.24) is 0 Å². The summed E-state index contributed by atoms with van der Waals surface area (Å²) in [7, 11) is 2.09. The molecule has 0 aromatic rings. The largest absolute Gasteiger partial charge is 0.365 e. The fraction of sp³-hybridized carbons (Fsp3) is 0.750. The second kappa shape index (κ2) is 4.23. The molecular weight excluding hydrogens is 111 g/mol. The molecule has 0 saturated carbocycles. The van der Waals surface area contributed by atoms with Gasteiger partial charge in [0.05, 0.1) is 6.61 Å². The lowest BCUT2D eigenvalue weighted by atomic mass is 10.2. The summed E-state index contributed by atoms with van der Waals surface area (Å²) in [6, 6.07) is 0. The van der Waals surface area contributed by atoms with Crippen molar-refractivity contribution in [2.75, 3.05) is 6.61 Å². The SMILES string of the molecule is CC(C=O)COP. The molecule has 0 aromatic heterocycles. The Bertz CT molecular complexity index is 55.7. The maximum absolute atomic E-state index is 9.81. The van der Waals surface area contributed by atoms with Gasteiger partial charge in [0.15, 0.2) is 0 Å². The van der Waals surface area contributed by atoms with Crippen molar-refractivity contribution in [2.45, 2.75) is 6.92 Å². The first-order valence-electron chi connectivity index (χ1n) is 2.08. The van der Waals surface area contributed by atoms with E-state index in [9.17, 15) is 4.79 Å². The van der Waals surface area contributed by atoms with Crippen LogP contribution < -0.4 is 0 Å². The molecule has 0 aromatic carbocycles. The van der Waals surface area contributed by atoms with Crippen LogP contribution in [-0.4, -0.2) is 12.9 Å². The van der Waals surface area contributed by atoms with Gasteiger partial charge in [0, 0.05) is 15.4 Å². The van der Waals surface area contributed by atoms with Crippen LogP contribution in [0.3, 0.4) is 0 Å². The van der Waals surface area contributed by atoms with E-state index >= 15 is 0 Å². The van der Waals surface area contributed by atoms with Gasteiger partial charge in [0.25, 0.3) is 0 Å². The summed E-state index contributed by atoms with van der Waals surface area (Å²) in [5.41, 5.74) is 0. The zero-order valence-corrected chi connectivity index (χ0v) is 5.41. The molecule has 0 N–H and O–H groups in total. The Labute approximate surface area is 45.5 Å². The van der Waals surface area contributed by atoms with Crippen molar-refractivity contribution in [1.29, 1.82) is 0 Å². The Kier molecular flexibility index (Phi) is 4.26. The number of aldehydes is 1. The highest BCUT2D eigenvalue weighted by Gasteiger charge is 1.94. The van der Waals surface area contributed by atoms with E-state index in [1.807, 2.05) is 0 Å². The molecular formula is C4H9O2P. The van der Waals surface area contributed by atoms with E-state index in [2.05, 4.69) is 14.0 Å². The lowest BCUT2D eigenvalue weighted by Crippen LogP contribution is -2.00. The average molecular weight is 120 g/mol. The van der Waals surface area contributed by atoms with Gasteiger partial charge >= 0.3 is 0 Å². The summed E-state index contributed by atoms with van der Waals surface area (Å²) in [6.45, 7) is 2.30. The fourth-order valence-electron chi connectivity index (χ4n) is 0.191. The molecule has 0 saturated heterocycles. The first kappa shape index (κ1) is 7.06. The van der Waals surface area contributed by atoms with Gasteiger partial charge in [-0.3, -0.25) is 0 Å². The highest BCUT2D eigenvalue weighted by molar-refractivity contribution is 7.09. The van der Waals surface area contributed by atoms with Gasteiger partial charge in [0.1, 0.15) is 6.29 Å². The van der Waals surface area contributed by atoms with Crippen LogP contribution in [-0.2, 0) is 9.32 Å². The second-order valence-corrected chi connectivity index (χ2v) is 1.78. The van der Waals surface area contributed by atoms with E-state index in [4.69, 9.17) is 0 Å². The second-order valence-electron chi connectivity index (χ2n) is 1.45. The van der Waals surface area contributed by atoms with Crippen LogP contribution in [0.1, 0.15) is 6.92 Å². The molecule has 2 atom stereocenters. The molecule has 42 valence electrons. The van der Waals surface area contributed by atoms with Gasteiger partial charge in [-0.25, -0.2) is 0 Å². The van der Waals surface area contributed by atoms with Crippen molar-refractivity contribution in [3.63, 3.8) is 0 Å². The quantitative estimate of drug-likeness (QED) is 0.403. The number of carbonyl (C=O) groups is 1. The van der Waals surface area contributed by atoms with Gasteiger partial charge in [-0.1, -0.05) is 6.92 Å². The van der Waals surface area contributed by atoms with Gasteiger partial charge in [-0.15, -0.1) is 0 Å². The van der Waals surface area contributed by atoms with Gasteiger partial charge < -0.3 is 9.32 Å². The molecule has 0 rings (SSSR count). The molecule has 0 aliphatic rings. The smallest absolute Gasteiger partial charge is 0.125 e. The summed E-state index contributed by atoms with van der Waals surface area (Å²) >= 11 is 0. The van der Waals surface area contributed by atoms with Crippen LogP contribution in [0.15, 0.2) is 0 Å². The normalized spacial score (nSPS) is 13.4. The Morgan fingerprint density at radius 1 is 2.00 bits per heavy atom. The van der Waals surface area contributed by atoms with Crippen LogP contribution >= 0.6 is 9.47 Å². The van der Waals surface area contributed by atoms with Crippen LogP contribution in [0.5, 0.6) is 0 Å². The van der Waals surface area contributed by atoms with Crippen molar-refractivity contribution >= 4 is 15.8 Å². The lowest BCUT2D eigenvalue weighted by Gasteiger charge is -1.96. The molecule has 0 spiro atoms. The standard InChI is InChI=1S/C4H9O2P/c1-4(2-5)3-6-7/h2,4H,3,7H2,1H3. The minimum Gasteiger partial charge on any atom is -0.365 e. The lowest BCUT2D eigenvalue weighted by molar-refractivity contribution is -0.111. The van der Waals surface area contributed by atoms with Crippen molar-refractivity contribution in [3.8, 4) is 0 Å². The minimum atomic E-state index is 0.0255. The van der Waals surface area contributed by atoms with Gasteiger partial charge in [-0.2, -0.15) is 0 Å². The van der Waals surface area contributed by atoms with E-state index < -0.39 is 0 Å². The monoisotopic (exact) mass is 120 g/mol. The number of hydrogen-bond acceptors (Lipinski definition) is 2. The van der Waals surface area contributed by atoms with Crippen molar-refractivity contribution in [3.05, 3.63) is 0 Å². The maximum atomic E-state index is 9.81. The molecule has 0 radical (unpaired) electrons. The average Bonchev–Trinajstić information content (AvgIpc) is 1.68. The molecule has 2 nitrogen and oxygen atoms in total. The van der Waals surface area contributed by atoms with Gasteiger partial charge in [0.2, 0.25) is 0 Å². The van der Waals surface area contributed by atoms with E-state index in [1.54, 1.807) is 6.92 Å². The maximum Gasteiger partial charge on any atom is 0.125 e. The number of hydrogen-bond donors (Lipinski definition) is 0. The van der Waals surface area contributed by atoms with Crippen molar-refractivity contribution < 1.29 is 9.32 Å². The molecule has 0 aliphatic heterocycles. The Morgan fingerprint density at radius 3 is 2.71 bits per heavy atom. The van der Waals surface area contributed by atoms with E-state index in [0.29, 0.717) is 6.61 Å². The Morgan fingerprint density at radius 2 is 2.57 bits per heavy atom. The van der Waals surface area contributed by atoms with Crippen LogP contribution in [0.25, 0.3) is 0 Å². The molecule has 2 unspecified atom stereocenters. The third kappa shape index (κ3) is 3.90. The highest BCUT2D eigenvalue weighted by atomic mass is 31.0. The summed E-state index contributed by atoms with van der Waals surface area (Å²) < 4.78 is 4.58. The fourth-order valence-corrected chi connectivity index (χ4v) is 0.495. The Hall–Kier alpha value is 0.0600. The first-order chi connectivity index (χ1) is 3.31. The van der Waals surface area contributed by atoms with E-state index in [0.717, 1.165) is 6.29 Å². The minimum absolute atomic E-state index is 0.0255. The van der Waals surface area contributed by atoms with E-state index in [1.165, 1.54) is 0 Å². The zero-order chi connectivity index (χ0) is 5.70. The molecule has 0 aliphatic carbocycles. The third-order valence-corrected chi connectivity index (χ3v) is 0.784. The highest BCUT2D eigenvalue weighted by Crippen LogP contribution is 1.93. The Balaban J connectivity index is 2.98. The zero-order valence-electron chi connectivity index (χ0n) is 4.26. The molecule has 0 amide bonds. The first-order valence-corrected chi connectivity index (χ1v) is 2.55. The summed E-state index contributed by atoms with van der Waals surface area (Å²) in [5, 5.41) is 0. The molecule has 0 heterocycles. The summed E-state index contributed by atoms with van der Waals surface area (Å²) in [5.74, 6) is 0.0255. The predicted molar refractivity (Wildman–Crippen MR) is 30.9 cm³/mol. The van der Waals surface area contributed by atoms with Crippen LogP contribution in [0.2, 0.25) is 0 Å². The van der Waals surface area contributed by atoms with Gasteiger partial charge in [-0.05, 0) is 0 Å². The molecule has 7 heavy (non-hydrogen) atoms. The topological polar surface area (TPSA) is 26.3 Å². The number of carbonyl (C=O) groups excluding carboxylic acids is 1. The summed E-state index contributed by atoms with van der Waals surface area (Å²) in [6.07, 6.45) is 0.865. The van der Waals surface area contributed by atoms with Crippen LogP contribution in [0.4, 0.5) is 0 Å². The predicted octanol–water partition coefficient (Wildman–Crippen LogP) is 0.628. The summed E-state index contributed by atoms with van der Waals surface area (Å²) in [4.78, 5) is 9.81. The molecule has 0 bridgehead atoms. The van der Waals surface area contributed by atoms with Crippen molar-refractivity contribution in [2.24, 2.45) is 5.92 Å².